The van der Waals surface area contributed by atoms with E-state index in [0.717, 1.165) is 18.4 Å². The zero-order valence-corrected chi connectivity index (χ0v) is 11.9. The van der Waals surface area contributed by atoms with Crippen LogP contribution in [0.25, 0.3) is 0 Å². The summed E-state index contributed by atoms with van der Waals surface area (Å²) < 4.78 is 0. The van der Waals surface area contributed by atoms with Crippen molar-refractivity contribution in [2.75, 3.05) is 6.54 Å². The molecule has 20 heavy (non-hydrogen) atoms. The molecule has 2 fully saturated rings. The molecule has 1 aliphatic heterocycles. The van der Waals surface area contributed by atoms with Crippen LogP contribution in [0.3, 0.4) is 0 Å². The number of rotatable bonds is 3. The summed E-state index contributed by atoms with van der Waals surface area (Å²) in [5.41, 5.74) is -0.0219. The van der Waals surface area contributed by atoms with Gasteiger partial charge >= 0.3 is 0 Å². The third kappa shape index (κ3) is 1.99. The fourth-order valence-corrected chi connectivity index (χ4v) is 2.86. The Hall–Kier alpha value is -1.84. The van der Waals surface area contributed by atoms with E-state index in [-0.39, 0.29) is 11.8 Å². The van der Waals surface area contributed by atoms with Crippen LogP contribution in [0.2, 0.25) is 0 Å². The first-order valence-corrected chi connectivity index (χ1v) is 7.21. The van der Waals surface area contributed by atoms with Crippen LogP contribution in [0.1, 0.15) is 32.3 Å². The van der Waals surface area contributed by atoms with Gasteiger partial charge in [0.1, 0.15) is 11.6 Å². The summed E-state index contributed by atoms with van der Waals surface area (Å²) in [6.45, 7) is 4.29. The zero-order chi connectivity index (χ0) is 14.3. The Balaban J connectivity index is 2.03. The van der Waals surface area contributed by atoms with Gasteiger partial charge in [-0.15, -0.1) is 0 Å². The van der Waals surface area contributed by atoms with E-state index in [2.05, 4.69) is 5.32 Å². The maximum atomic E-state index is 12.6. The molecule has 1 saturated carbocycles. The molecule has 1 N–H and O–H groups in total. The second-order valence-corrected chi connectivity index (χ2v) is 6.03. The van der Waals surface area contributed by atoms with E-state index in [9.17, 15) is 9.59 Å². The van der Waals surface area contributed by atoms with Gasteiger partial charge in [-0.1, -0.05) is 30.3 Å². The number of piperazine rings is 1. The standard InChI is InChI=1S/C16H20N2O2/c1-11-14(19)18(10-12-8-9-12)16(2,15(20)17-11)13-6-4-3-5-7-13/h3-7,11-12H,8-10H2,1-2H3,(H,17,20). The van der Waals surface area contributed by atoms with Gasteiger partial charge in [0.15, 0.2) is 0 Å². The van der Waals surface area contributed by atoms with E-state index in [4.69, 9.17) is 0 Å². The average Bonchev–Trinajstić information content (AvgIpc) is 3.26. The molecule has 4 heteroatoms. The highest BCUT2D eigenvalue weighted by Gasteiger charge is 2.50. The van der Waals surface area contributed by atoms with Crippen molar-refractivity contribution in [1.82, 2.24) is 10.2 Å². The van der Waals surface area contributed by atoms with Gasteiger partial charge in [0, 0.05) is 6.54 Å². The van der Waals surface area contributed by atoms with Crippen LogP contribution in [0.4, 0.5) is 0 Å². The molecule has 106 valence electrons. The topological polar surface area (TPSA) is 49.4 Å². The summed E-state index contributed by atoms with van der Waals surface area (Å²) in [6.07, 6.45) is 2.31. The molecule has 3 rings (SSSR count). The number of hydrogen-bond acceptors (Lipinski definition) is 2. The van der Waals surface area contributed by atoms with E-state index in [1.165, 1.54) is 0 Å². The zero-order valence-electron chi connectivity index (χ0n) is 11.9. The summed E-state index contributed by atoms with van der Waals surface area (Å²) in [7, 11) is 0. The van der Waals surface area contributed by atoms with Gasteiger partial charge in [0.25, 0.3) is 5.91 Å². The molecule has 1 aromatic carbocycles. The molecular formula is C16H20N2O2. The lowest BCUT2D eigenvalue weighted by atomic mass is 9.85. The largest absolute Gasteiger partial charge is 0.342 e. The van der Waals surface area contributed by atoms with E-state index in [1.807, 2.05) is 37.3 Å². The van der Waals surface area contributed by atoms with E-state index in [1.54, 1.807) is 11.8 Å². The Bertz CT molecular complexity index is 539. The molecule has 1 aromatic rings. The number of carbonyl (C=O) groups excluding carboxylic acids is 2. The van der Waals surface area contributed by atoms with Gasteiger partial charge in [-0.25, -0.2) is 0 Å². The Labute approximate surface area is 119 Å². The molecule has 0 spiro atoms. The Morgan fingerprint density at radius 1 is 1.25 bits per heavy atom. The van der Waals surface area contributed by atoms with Crippen LogP contribution in [-0.4, -0.2) is 29.3 Å². The Kier molecular flexibility index (Phi) is 3.04. The van der Waals surface area contributed by atoms with Crippen molar-refractivity contribution in [3.63, 3.8) is 0 Å². The van der Waals surface area contributed by atoms with Gasteiger partial charge in [0.2, 0.25) is 5.91 Å². The van der Waals surface area contributed by atoms with Crippen molar-refractivity contribution in [3.8, 4) is 0 Å². The molecule has 2 atom stereocenters. The number of nitrogens with zero attached hydrogens (tertiary/aromatic N) is 1. The molecule has 4 nitrogen and oxygen atoms in total. The number of amides is 2. The summed E-state index contributed by atoms with van der Waals surface area (Å²) in [6, 6.07) is 9.14. The Morgan fingerprint density at radius 2 is 1.90 bits per heavy atom. The van der Waals surface area contributed by atoms with E-state index < -0.39 is 11.6 Å². The fourth-order valence-electron chi connectivity index (χ4n) is 2.86. The molecule has 0 aromatic heterocycles. The molecule has 1 aliphatic carbocycles. The maximum absolute atomic E-state index is 12.6. The highest BCUT2D eigenvalue weighted by atomic mass is 16.2. The number of carbonyl (C=O) groups is 2. The highest BCUT2D eigenvalue weighted by molar-refractivity contribution is 6.00. The van der Waals surface area contributed by atoms with Crippen molar-refractivity contribution < 1.29 is 9.59 Å². The van der Waals surface area contributed by atoms with Gasteiger partial charge in [-0.2, -0.15) is 0 Å². The van der Waals surface area contributed by atoms with Crippen LogP contribution in [-0.2, 0) is 15.1 Å². The van der Waals surface area contributed by atoms with Crippen LogP contribution in [0, 0.1) is 5.92 Å². The summed E-state index contributed by atoms with van der Waals surface area (Å²) >= 11 is 0. The molecule has 2 unspecified atom stereocenters. The molecule has 1 saturated heterocycles. The Morgan fingerprint density at radius 3 is 2.50 bits per heavy atom. The van der Waals surface area contributed by atoms with Crippen molar-refractivity contribution >= 4 is 11.8 Å². The molecule has 2 amide bonds. The maximum Gasteiger partial charge on any atom is 0.250 e. The third-order valence-electron chi connectivity index (χ3n) is 4.44. The van der Waals surface area contributed by atoms with Crippen LogP contribution >= 0.6 is 0 Å². The lowest BCUT2D eigenvalue weighted by Crippen LogP contribution is -2.67. The normalized spacial score (nSPS) is 30.3. The fraction of sp³-hybridized carbons (Fsp3) is 0.500. The summed E-state index contributed by atoms with van der Waals surface area (Å²) in [5, 5.41) is 2.81. The predicted octanol–water partition coefficient (Wildman–Crippen LogP) is 1.66. The van der Waals surface area contributed by atoms with Gasteiger partial charge in [-0.05, 0) is 38.2 Å². The second-order valence-electron chi connectivity index (χ2n) is 6.03. The van der Waals surface area contributed by atoms with Crippen LogP contribution < -0.4 is 5.32 Å². The van der Waals surface area contributed by atoms with Gasteiger partial charge < -0.3 is 10.2 Å². The van der Waals surface area contributed by atoms with Gasteiger partial charge in [0.05, 0.1) is 0 Å². The minimum Gasteiger partial charge on any atom is -0.342 e. The monoisotopic (exact) mass is 272 g/mol. The van der Waals surface area contributed by atoms with E-state index in [0.29, 0.717) is 12.5 Å². The quantitative estimate of drug-likeness (QED) is 0.909. The molecule has 1 heterocycles. The first-order chi connectivity index (χ1) is 9.53. The SMILES string of the molecule is CC1NC(=O)C(C)(c2ccccc2)N(CC2CC2)C1=O. The first kappa shape index (κ1) is 13.2. The molecular weight excluding hydrogens is 252 g/mol. The lowest BCUT2D eigenvalue weighted by molar-refractivity contribution is -0.157. The lowest BCUT2D eigenvalue weighted by Gasteiger charge is -2.46. The smallest absolute Gasteiger partial charge is 0.250 e. The minimum absolute atomic E-state index is 0.0165. The van der Waals surface area contributed by atoms with Crippen molar-refractivity contribution in [2.45, 2.75) is 38.3 Å². The van der Waals surface area contributed by atoms with Gasteiger partial charge in [-0.3, -0.25) is 9.59 Å². The molecule has 2 aliphatic rings. The third-order valence-corrected chi connectivity index (χ3v) is 4.44. The summed E-state index contributed by atoms with van der Waals surface area (Å²) in [4.78, 5) is 26.9. The number of hydrogen-bond donors (Lipinski definition) is 1. The van der Waals surface area contributed by atoms with Crippen molar-refractivity contribution in [2.24, 2.45) is 5.92 Å². The first-order valence-electron chi connectivity index (χ1n) is 7.21. The number of nitrogens with one attached hydrogen (secondary N) is 1. The van der Waals surface area contributed by atoms with Crippen molar-refractivity contribution in [3.05, 3.63) is 35.9 Å². The van der Waals surface area contributed by atoms with Crippen LogP contribution in [0.5, 0.6) is 0 Å². The van der Waals surface area contributed by atoms with E-state index >= 15 is 0 Å². The highest BCUT2D eigenvalue weighted by Crippen LogP contribution is 2.37. The second kappa shape index (κ2) is 4.62. The minimum atomic E-state index is -0.895. The average molecular weight is 272 g/mol. The van der Waals surface area contributed by atoms with Crippen molar-refractivity contribution in [1.29, 1.82) is 0 Å². The molecule has 0 bridgehead atoms. The predicted molar refractivity (Wildman–Crippen MR) is 75.8 cm³/mol. The number of benzene rings is 1. The molecule has 0 radical (unpaired) electrons. The van der Waals surface area contributed by atoms with Crippen LogP contribution in [0.15, 0.2) is 30.3 Å². The summed E-state index contributed by atoms with van der Waals surface area (Å²) in [5.74, 6) is 0.486.